The first-order valence-electron chi connectivity index (χ1n) is 9.24. The Balaban J connectivity index is 1.40. The fraction of sp³-hybridized carbons (Fsp3) is 0.286. The molecule has 1 aliphatic heterocycles. The van der Waals surface area contributed by atoms with E-state index in [1.54, 1.807) is 6.33 Å². The summed E-state index contributed by atoms with van der Waals surface area (Å²) < 4.78 is 0. The molecule has 0 amide bonds. The summed E-state index contributed by atoms with van der Waals surface area (Å²) in [6.45, 7) is 6.45. The lowest BCUT2D eigenvalue weighted by molar-refractivity contribution is 0.379. The number of hydrogen-bond donors (Lipinski definition) is 1. The number of hydrogen-bond acceptors (Lipinski definition) is 4. The van der Waals surface area contributed by atoms with Crippen LogP contribution in [0.3, 0.4) is 0 Å². The van der Waals surface area contributed by atoms with Crippen molar-refractivity contribution < 1.29 is 0 Å². The minimum Gasteiger partial charge on any atom is -0.358 e. The summed E-state index contributed by atoms with van der Waals surface area (Å²) in [4.78, 5) is 13.6. The van der Waals surface area contributed by atoms with E-state index in [1.165, 1.54) is 11.1 Å². The number of anilines is 1. The van der Waals surface area contributed by atoms with Crippen molar-refractivity contribution in [2.75, 3.05) is 31.1 Å². The second-order valence-electron chi connectivity index (χ2n) is 6.78. The van der Waals surface area contributed by atoms with E-state index in [4.69, 9.17) is 12.2 Å². The van der Waals surface area contributed by atoms with Crippen molar-refractivity contribution in [3.63, 3.8) is 0 Å². The summed E-state index contributed by atoms with van der Waals surface area (Å²) in [5.41, 5.74) is 3.45. The number of nitrogens with one attached hydrogen (secondary N) is 1. The van der Waals surface area contributed by atoms with Crippen molar-refractivity contribution in [1.82, 2.24) is 20.2 Å². The maximum absolute atomic E-state index is 5.60. The van der Waals surface area contributed by atoms with Gasteiger partial charge in [0, 0.05) is 38.1 Å². The second kappa shape index (κ2) is 7.88. The minimum atomic E-state index is 0.760. The largest absolute Gasteiger partial charge is 0.358 e. The predicted molar refractivity (Wildman–Crippen MR) is 114 cm³/mol. The Labute approximate surface area is 165 Å². The van der Waals surface area contributed by atoms with Gasteiger partial charge in [-0.25, -0.2) is 9.97 Å². The van der Waals surface area contributed by atoms with E-state index in [0.29, 0.717) is 0 Å². The third-order valence-electron chi connectivity index (χ3n) is 5.00. The summed E-state index contributed by atoms with van der Waals surface area (Å²) >= 11 is 5.60. The Morgan fingerprint density at radius 3 is 2.56 bits per heavy atom. The lowest BCUT2D eigenvalue weighted by Crippen LogP contribution is -2.51. The topological polar surface area (TPSA) is 44.3 Å². The van der Waals surface area contributed by atoms with E-state index in [9.17, 15) is 0 Å². The van der Waals surface area contributed by atoms with Crippen molar-refractivity contribution in [3.8, 4) is 0 Å². The van der Waals surface area contributed by atoms with Crippen LogP contribution in [0.1, 0.15) is 11.1 Å². The molecule has 0 spiro atoms. The molecule has 0 bridgehead atoms. The first-order chi connectivity index (χ1) is 13.2. The number of fused-ring (bicyclic) bond motifs is 1. The van der Waals surface area contributed by atoms with Gasteiger partial charge < -0.3 is 15.1 Å². The average molecular weight is 378 g/mol. The highest BCUT2D eigenvalue weighted by atomic mass is 32.1. The monoisotopic (exact) mass is 377 g/mol. The van der Waals surface area contributed by atoms with Gasteiger partial charge in [-0.3, -0.25) is 0 Å². The summed E-state index contributed by atoms with van der Waals surface area (Å²) in [6.07, 6.45) is 1.66. The molecule has 0 aliphatic carbocycles. The molecule has 2 heterocycles. The SMILES string of the molecule is Cc1cccc2ncnc(N3CCN(C(=S)NCc4ccccc4)CC3)c12. The highest BCUT2D eigenvalue weighted by Crippen LogP contribution is 2.26. The zero-order valence-electron chi connectivity index (χ0n) is 15.4. The molecule has 138 valence electrons. The molecule has 2 aromatic carbocycles. The summed E-state index contributed by atoms with van der Waals surface area (Å²) in [5, 5.41) is 5.35. The van der Waals surface area contributed by atoms with Crippen LogP contribution in [0.15, 0.2) is 54.9 Å². The molecule has 1 saturated heterocycles. The molecule has 0 saturated carbocycles. The minimum absolute atomic E-state index is 0.760. The van der Waals surface area contributed by atoms with Gasteiger partial charge in [0.1, 0.15) is 12.1 Å². The molecule has 0 unspecified atom stereocenters. The van der Waals surface area contributed by atoms with E-state index in [0.717, 1.165) is 54.6 Å². The number of benzene rings is 2. The zero-order chi connectivity index (χ0) is 18.6. The van der Waals surface area contributed by atoms with Crippen molar-refractivity contribution in [3.05, 3.63) is 66.0 Å². The predicted octanol–water partition coefficient (Wildman–Crippen LogP) is 3.13. The standard InChI is InChI=1S/C21H23N5S/c1-16-6-5-9-18-19(16)20(24-15-23-18)25-10-12-26(13-11-25)21(27)22-14-17-7-3-2-4-8-17/h2-9,15H,10-14H2,1H3,(H,22,27). The third-order valence-corrected chi connectivity index (χ3v) is 5.41. The number of rotatable bonds is 3. The molecule has 6 heteroatoms. The summed E-state index contributed by atoms with van der Waals surface area (Å²) in [7, 11) is 0. The lowest BCUT2D eigenvalue weighted by atomic mass is 10.1. The van der Waals surface area contributed by atoms with Gasteiger partial charge in [-0.1, -0.05) is 42.5 Å². The molecule has 0 radical (unpaired) electrons. The van der Waals surface area contributed by atoms with Gasteiger partial charge in [0.15, 0.2) is 5.11 Å². The van der Waals surface area contributed by atoms with Crippen LogP contribution in [0, 0.1) is 6.92 Å². The fourth-order valence-corrected chi connectivity index (χ4v) is 3.76. The van der Waals surface area contributed by atoms with Crippen LogP contribution in [-0.4, -0.2) is 46.2 Å². The number of aryl methyl sites for hydroxylation is 1. The fourth-order valence-electron chi connectivity index (χ4n) is 3.51. The van der Waals surface area contributed by atoms with Gasteiger partial charge in [-0.15, -0.1) is 0 Å². The van der Waals surface area contributed by atoms with Gasteiger partial charge >= 0.3 is 0 Å². The van der Waals surface area contributed by atoms with Crippen molar-refractivity contribution in [1.29, 1.82) is 0 Å². The number of nitrogens with zero attached hydrogens (tertiary/aromatic N) is 4. The van der Waals surface area contributed by atoms with Gasteiger partial charge in [-0.05, 0) is 36.3 Å². The van der Waals surface area contributed by atoms with Crippen LogP contribution in [0.4, 0.5) is 5.82 Å². The molecule has 1 aromatic heterocycles. The Kier molecular flexibility index (Phi) is 5.16. The van der Waals surface area contributed by atoms with Gasteiger partial charge in [0.05, 0.1) is 5.52 Å². The summed E-state index contributed by atoms with van der Waals surface area (Å²) in [6, 6.07) is 16.6. The van der Waals surface area contributed by atoms with Crippen LogP contribution in [-0.2, 0) is 6.54 Å². The van der Waals surface area contributed by atoms with Crippen molar-refractivity contribution >= 4 is 34.1 Å². The maximum atomic E-state index is 5.60. The Morgan fingerprint density at radius 2 is 1.78 bits per heavy atom. The molecular formula is C21H23N5S. The zero-order valence-corrected chi connectivity index (χ0v) is 16.2. The second-order valence-corrected chi connectivity index (χ2v) is 7.17. The smallest absolute Gasteiger partial charge is 0.169 e. The van der Waals surface area contributed by atoms with Crippen molar-refractivity contribution in [2.24, 2.45) is 0 Å². The number of aromatic nitrogens is 2. The first kappa shape index (κ1) is 17.7. The molecule has 4 rings (SSSR count). The first-order valence-corrected chi connectivity index (χ1v) is 9.65. The summed E-state index contributed by atoms with van der Waals surface area (Å²) in [5.74, 6) is 1.03. The van der Waals surface area contributed by atoms with Crippen LogP contribution in [0.25, 0.3) is 10.9 Å². The van der Waals surface area contributed by atoms with Gasteiger partial charge in [0.25, 0.3) is 0 Å². The molecular weight excluding hydrogens is 354 g/mol. The Hall–Kier alpha value is -2.73. The lowest BCUT2D eigenvalue weighted by Gasteiger charge is -2.37. The number of piperazine rings is 1. The van der Waals surface area contributed by atoms with E-state index < -0.39 is 0 Å². The maximum Gasteiger partial charge on any atom is 0.169 e. The Morgan fingerprint density at radius 1 is 1.00 bits per heavy atom. The molecule has 27 heavy (non-hydrogen) atoms. The molecule has 1 aliphatic rings. The van der Waals surface area contributed by atoms with E-state index in [-0.39, 0.29) is 0 Å². The van der Waals surface area contributed by atoms with Gasteiger partial charge in [0.2, 0.25) is 0 Å². The molecule has 3 aromatic rings. The third kappa shape index (κ3) is 3.85. The number of thiocarbonyl (C=S) groups is 1. The molecule has 0 atom stereocenters. The highest BCUT2D eigenvalue weighted by molar-refractivity contribution is 7.80. The normalized spacial score (nSPS) is 14.4. The van der Waals surface area contributed by atoms with E-state index in [1.807, 2.05) is 30.3 Å². The van der Waals surface area contributed by atoms with Crippen LogP contribution in [0.5, 0.6) is 0 Å². The Bertz CT molecular complexity index is 930. The molecule has 5 nitrogen and oxygen atoms in total. The average Bonchev–Trinajstić information content (AvgIpc) is 2.73. The van der Waals surface area contributed by atoms with Crippen molar-refractivity contribution in [2.45, 2.75) is 13.5 Å². The van der Waals surface area contributed by atoms with Crippen LogP contribution in [0.2, 0.25) is 0 Å². The van der Waals surface area contributed by atoms with E-state index >= 15 is 0 Å². The van der Waals surface area contributed by atoms with Gasteiger partial charge in [-0.2, -0.15) is 0 Å². The molecule has 1 N–H and O–H groups in total. The quantitative estimate of drug-likeness (QED) is 0.708. The van der Waals surface area contributed by atoms with Crippen LogP contribution < -0.4 is 10.2 Å². The highest BCUT2D eigenvalue weighted by Gasteiger charge is 2.21. The molecule has 1 fully saturated rings. The van der Waals surface area contributed by atoms with Crippen LogP contribution >= 0.6 is 12.2 Å². The van der Waals surface area contributed by atoms with E-state index in [2.05, 4.69) is 50.2 Å².